The van der Waals surface area contributed by atoms with Gasteiger partial charge in [0, 0.05) is 23.8 Å². The van der Waals surface area contributed by atoms with Gasteiger partial charge in [-0.1, -0.05) is 24.6 Å². The fourth-order valence-electron chi connectivity index (χ4n) is 1.94. The topological polar surface area (TPSA) is 15.3 Å². The molecule has 0 aliphatic heterocycles. The number of nitrogens with one attached hydrogen (secondary N) is 1. The summed E-state index contributed by atoms with van der Waals surface area (Å²) in [6.45, 7) is 3.92. The molecule has 0 saturated carbocycles. The highest BCUT2D eigenvalue weighted by Crippen LogP contribution is 2.29. The minimum atomic E-state index is -4.23. The molecule has 0 fully saturated rings. The van der Waals surface area contributed by atoms with Crippen LogP contribution in [0.15, 0.2) is 18.2 Å². The highest BCUT2D eigenvalue weighted by molar-refractivity contribution is 6.31. The Morgan fingerprint density at radius 3 is 2.50 bits per heavy atom. The summed E-state index contributed by atoms with van der Waals surface area (Å²) in [5, 5.41) is 3.78. The summed E-state index contributed by atoms with van der Waals surface area (Å²) in [4.78, 5) is 1.14. The van der Waals surface area contributed by atoms with E-state index in [1.165, 1.54) is 7.05 Å². The Hall–Kier alpha value is -0.940. The Kier molecular flexibility index (Phi) is 6.14. The molecule has 114 valence electrons. The molecule has 20 heavy (non-hydrogen) atoms. The van der Waals surface area contributed by atoms with Gasteiger partial charge in [0.25, 0.3) is 0 Å². The van der Waals surface area contributed by atoms with Crippen LogP contribution in [-0.2, 0) is 0 Å². The first-order valence-electron chi connectivity index (χ1n) is 6.55. The van der Waals surface area contributed by atoms with Gasteiger partial charge < -0.3 is 10.2 Å². The van der Waals surface area contributed by atoms with Crippen molar-refractivity contribution in [2.45, 2.75) is 32.5 Å². The summed E-state index contributed by atoms with van der Waals surface area (Å²) >= 11 is 6.17. The minimum absolute atomic E-state index is 0.0735. The molecule has 1 aromatic rings. The molecule has 0 aromatic heterocycles. The van der Waals surface area contributed by atoms with Crippen molar-refractivity contribution in [2.75, 3.05) is 25.0 Å². The van der Waals surface area contributed by atoms with Crippen molar-refractivity contribution in [3.63, 3.8) is 0 Å². The van der Waals surface area contributed by atoms with Crippen LogP contribution in [0.3, 0.4) is 0 Å². The van der Waals surface area contributed by atoms with Crippen molar-refractivity contribution in [2.24, 2.45) is 0 Å². The Bertz CT molecular complexity index is 435. The molecule has 0 aliphatic carbocycles. The Morgan fingerprint density at radius 1 is 1.35 bits per heavy atom. The zero-order valence-corrected chi connectivity index (χ0v) is 12.6. The van der Waals surface area contributed by atoms with Gasteiger partial charge >= 0.3 is 6.18 Å². The monoisotopic (exact) mass is 308 g/mol. The van der Waals surface area contributed by atoms with Crippen LogP contribution in [-0.4, -0.2) is 26.3 Å². The maximum atomic E-state index is 12.4. The summed E-state index contributed by atoms with van der Waals surface area (Å²) in [7, 11) is 1.40. The molecule has 6 heteroatoms. The minimum Gasteiger partial charge on any atom is -0.366 e. The zero-order chi connectivity index (χ0) is 15.3. The van der Waals surface area contributed by atoms with E-state index in [-0.39, 0.29) is 6.04 Å². The number of benzene rings is 1. The van der Waals surface area contributed by atoms with E-state index >= 15 is 0 Å². The fourth-order valence-corrected chi connectivity index (χ4v) is 2.27. The average molecular weight is 309 g/mol. The summed E-state index contributed by atoms with van der Waals surface area (Å²) in [5.74, 6) is 0. The summed E-state index contributed by atoms with van der Waals surface area (Å²) < 4.78 is 37.1. The zero-order valence-electron chi connectivity index (χ0n) is 11.9. The summed E-state index contributed by atoms with van der Waals surface area (Å²) in [5.41, 5.74) is 1.35. The van der Waals surface area contributed by atoms with Crippen molar-refractivity contribution in [1.29, 1.82) is 0 Å². The number of alkyl halides is 3. The van der Waals surface area contributed by atoms with Crippen LogP contribution in [0.4, 0.5) is 18.9 Å². The maximum absolute atomic E-state index is 12.4. The lowest BCUT2D eigenvalue weighted by molar-refractivity contribution is -0.119. The molecule has 0 amide bonds. The van der Waals surface area contributed by atoms with Crippen LogP contribution < -0.4 is 10.2 Å². The van der Waals surface area contributed by atoms with Gasteiger partial charge in [-0.2, -0.15) is 13.2 Å². The quantitative estimate of drug-likeness (QED) is 0.838. The van der Waals surface area contributed by atoms with E-state index in [9.17, 15) is 13.2 Å². The Balaban J connectivity index is 2.82. The van der Waals surface area contributed by atoms with Gasteiger partial charge in [-0.15, -0.1) is 0 Å². The fraction of sp³-hybridized carbons (Fsp3) is 0.571. The second kappa shape index (κ2) is 7.18. The van der Waals surface area contributed by atoms with Crippen LogP contribution in [0.5, 0.6) is 0 Å². The maximum Gasteiger partial charge on any atom is 0.405 e. The third-order valence-corrected chi connectivity index (χ3v) is 3.34. The van der Waals surface area contributed by atoms with E-state index in [4.69, 9.17) is 11.6 Å². The number of halogens is 4. The van der Waals surface area contributed by atoms with E-state index < -0.39 is 12.7 Å². The molecular formula is C14H20ClF3N2. The lowest BCUT2D eigenvalue weighted by atomic mass is 10.1. The molecule has 0 heterocycles. The molecule has 1 aromatic carbocycles. The van der Waals surface area contributed by atoms with E-state index in [0.717, 1.165) is 23.4 Å². The first-order valence-corrected chi connectivity index (χ1v) is 6.93. The average Bonchev–Trinajstić information content (AvgIpc) is 2.33. The molecule has 0 spiro atoms. The van der Waals surface area contributed by atoms with Gasteiger partial charge in [0.1, 0.15) is 6.54 Å². The first-order chi connectivity index (χ1) is 9.24. The van der Waals surface area contributed by atoms with Crippen LogP contribution in [0.25, 0.3) is 0 Å². The van der Waals surface area contributed by atoms with E-state index in [0.29, 0.717) is 10.7 Å². The normalized spacial score (nSPS) is 13.3. The number of hydrogen-bond donors (Lipinski definition) is 1. The van der Waals surface area contributed by atoms with Gasteiger partial charge in [0.05, 0.1) is 0 Å². The first kappa shape index (κ1) is 17.1. The molecule has 2 nitrogen and oxygen atoms in total. The van der Waals surface area contributed by atoms with Gasteiger partial charge in [-0.05, 0) is 37.6 Å². The lowest BCUT2D eigenvalue weighted by Crippen LogP contribution is -2.30. The van der Waals surface area contributed by atoms with Crippen LogP contribution in [0.1, 0.15) is 31.9 Å². The predicted octanol–water partition coefficient (Wildman–Crippen LogP) is 4.40. The van der Waals surface area contributed by atoms with Crippen molar-refractivity contribution in [1.82, 2.24) is 5.32 Å². The van der Waals surface area contributed by atoms with Crippen molar-refractivity contribution < 1.29 is 13.2 Å². The second-order valence-corrected chi connectivity index (χ2v) is 5.26. The van der Waals surface area contributed by atoms with Crippen LogP contribution in [0, 0.1) is 0 Å². The number of nitrogens with zero attached hydrogens (tertiary/aromatic N) is 1. The lowest BCUT2D eigenvalue weighted by Gasteiger charge is -2.23. The molecular weight excluding hydrogens is 289 g/mol. The predicted molar refractivity (Wildman–Crippen MR) is 77.5 cm³/mol. The second-order valence-electron chi connectivity index (χ2n) is 4.85. The molecule has 1 N–H and O–H groups in total. The van der Waals surface area contributed by atoms with E-state index in [2.05, 4.69) is 12.2 Å². The van der Waals surface area contributed by atoms with Crippen LogP contribution in [0.2, 0.25) is 5.02 Å². The van der Waals surface area contributed by atoms with Crippen molar-refractivity contribution >= 4 is 17.3 Å². The Labute approximate surface area is 122 Å². The largest absolute Gasteiger partial charge is 0.405 e. The smallest absolute Gasteiger partial charge is 0.366 e. The standard InChI is InChI=1S/C14H20ClF3N2/c1-4-7-19-10(2)12-6-5-11(8-13(12)15)20(3)9-14(16,17)18/h5-6,8,10,19H,4,7,9H2,1-3H3. The third kappa shape index (κ3) is 5.21. The van der Waals surface area contributed by atoms with Gasteiger partial charge in [0.15, 0.2) is 0 Å². The van der Waals surface area contributed by atoms with E-state index in [1.54, 1.807) is 18.2 Å². The molecule has 1 atom stereocenters. The third-order valence-electron chi connectivity index (χ3n) is 3.01. The molecule has 0 aliphatic rings. The number of rotatable bonds is 6. The molecule has 1 unspecified atom stereocenters. The molecule has 0 radical (unpaired) electrons. The molecule has 0 saturated heterocycles. The summed E-state index contributed by atoms with van der Waals surface area (Å²) in [6, 6.07) is 5.09. The highest BCUT2D eigenvalue weighted by Gasteiger charge is 2.29. The number of hydrogen-bond acceptors (Lipinski definition) is 2. The highest BCUT2D eigenvalue weighted by atomic mass is 35.5. The Morgan fingerprint density at radius 2 is 2.00 bits per heavy atom. The number of anilines is 1. The van der Waals surface area contributed by atoms with E-state index in [1.807, 2.05) is 6.92 Å². The van der Waals surface area contributed by atoms with Gasteiger partial charge in [-0.25, -0.2) is 0 Å². The van der Waals surface area contributed by atoms with Crippen molar-refractivity contribution in [3.8, 4) is 0 Å². The van der Waals surface area contributed by atoms with Gasteiger partial charge in [0.2, 0.25) is 0 Å². The SMILES string of the molecule is CCCNC(C)c1ccc(N(C)CC(F)(F)F)cc1Cl. The van der Waals surface area contributed by atoms with Crippen LogP contribution >= 0.6 is 11.6 Å². The summed E-state index contributed by atoms with van der Waals surface area (Å²) in [6.07, 6.45) is -3.22. The van der Waals surface area contributed by atoms with Gasteiger partial charge in [-0.3, -0.25) is 0 Å². The molecule has 1 rings (SSSR count). The van der Waals surface area contributed by atoms with Crippen molar-refractivity contribution in [3.05, 3.63) is 28.8 Å². The molecule has 0 bridgehead atoms.